The summed E-state index contributed by atoms with van der Waals surface area (Å²) in [5.74, 6) is -1.25. The van der Waals surface area contributed by atoms with Crippen molar-refractivity contribution in [3.05, 3.63) is 33.8 Å². The highest BCUT2D eigenvalue weighted by Crippen LogP contribution is 2.27. The molecule has 15 heavy (non-hydrogen) atoms. The van der Waals surface area contributed by atoms with E-state index in [1.54, 1.807) is 6.07 Å². The molecule has 0 heterocycles. The van der Waals surface area contributed by atoms with Gasteiger partial charge >= 0.3 is 5.97 Å². The highest BCUT2D eigenvalue weighted by molar-refractivity contribution is 6.31. The monoisotopic (exact) mass is 226 g/mol. The minimum absolute atomic E-state index is 0.457. The first kappa shape index (κ1) is 12.1. The molecule has 0 spiro atoms. The van der Waals surface area contributed by atoms with E-state index in [4.69, 9.17) is 16.7 Å². The summed E-state index contributed by atoms with van der Waals surface area (Å²) >= 11 is 6.03. The normalized spacial score (nSPS) is 12.5. The molecule has 1 atom stereocenters. The van der Waals surface area contributed by atoms with E-state index in [0.29, 0.717) is 11.4 Å². The summed E-state index contributed by atoms with van der Waals surface area (Å²) in [5, 5.41) is 9.68. The van der Waals surface area contributed by atoms with Crippen LogP contribution in [0.15, 0.2) is 12.1 Å². The lowest BCUT2D eigenvalue weighted by molar-refractivity contribution is -0.138. The van der Waals surface area contributed by atoms with Crippen LogP contribution in [0.4, 0.5) is 0 Å². The first-order valence-electron chi connectivity index (χ1n) is 4.96. The van der Waals surface area contributed by atoms with Crippen LogP contribution in [0.3, 0.4) is 0 Å². The van der Waals surface area contributed by atoms with Gasteiger partial charge in [0.05, 0.1) is 5.92 Å². The van der Waals surface area contributed by atoms with Gasteiger partial charge in [0.2, 0.25) is 0 Å². The van der Waals surface area contributed by atoms with Gasteiger partial charge < -0.3 is 5.11 Å². The van der Waals surface area contributed by atoms with E-state index < -0.39 is 11.9 Å². The van der Waals surface area contributed by atoms with Crippen LogP contribution < -0.4 is 0 Å². The maximum absolute atomic E-state index is 11.0. The van der Waals surface area contributed by atoms with Gasteiger partial charge in [-0.1, -0.05) is 24.6 Å². The molecule has 1 aromatic rings. The molecule has 82 valence electrons. The Bertz CT molecular complexity index is 362. The number of aliphatic carboxylic acids is 1. The van der Waals surface area contributed by atoms with Gasteiger partial charge in [-0.2, -0.15) is 0 Å². The van der Waals surface area contributed by atoms with Gasteiger partial charge in [0.1, 0.15) is 0 Å². The van der Waals surface area contributed by atoms with E-state index >= 15 is 0 Å². The number of benzene rings is 1. The third-order valence-corrected chi connectivity index (χ3v) is 3.13. The van der Waals surface area contributed by atoms with E-state index in [-0.39, 0.29) is 0 Å². The number of hydrogen-bond donors (Lipinski definition) is 1. The Balaban J connectivity index is 3.20. The second-order valence-corrected chi connectivity index (χ2v) is 4.15. The Morgan fingerprint density at radius 3 is 2.47 bits per heavy atom. The molecule has 3 heteroatoms. The van der Waals surface area contributed by atoms with Crippen molar-refractivity contribution in [1.82, 2.24) is 0 Å². The molecule has 0 aliphatic heterocycles. The SMILES string of the molecule is CCC(C(=O)O)c1cc(C)c(C)c(Cl)c1. The Kier molecular flexibility index (Phi) is 3.75. The molecule has 2 nitrogen and oxygen atoms in total. The molecule has 1 N–H and O–H groups in total. The summed E-state index contributed by atoms with van der Waals surface area (Å²) in [5.41, 5.74) is 2.84. The van der Waals surface area contributed by atoms with E-state index in [9.17, 15) is 4.79 Å². The molecule has 0 aliphatic carbocycles. The fraction of sp³-hybridized carbons (Fsp3) is 0.417. The van der Waals surface area contributed by atoms with E-state index in [0.717, 1.165) is 16.7 Å². The fourth-order valence-corrected chi connectivity index (χ4v) is 1.87. The zero-order chi connectivity index (χ0) is 11.6. The average molecular weight is 227 g/mol. The van der Waals surface area contributed by atoms with Crippen molar-refractivity contribution in [3.63, 3.8) is 0 Å². The Morgan fingerprint density at radius 2 is 2.07 bits per heavy atom. The number of carboxylic acids is 1. The molecule has 1 rings (SSSR count). The van der Waals surface area contributed by atoms with Crippen LogP contribution in [0.1, 0.15) is 36.0 Å². The Hall–Kier alpha value is -1.02. The summed E-state index contributed by atoms with van der Waals surface area (Å²) in [4.78, 5) is 11.0. The Labute approximate surface area is 94.9 Å². The molecular formula is C12H15ClO2. The highest BCUT2D eigenvalue weighted by Gasteiger charge is 2.18. The molecule has 0 saturated carbocycles. The maximum atomic E-state index is 11.0. The zero-order valence-corrected chi connectivity index (χ0v) is 9.93. The lowest BCUT2D eigenvalue weighted by Gasteiger charge is -2.13. The minimum Gasteiger partial charge on any atom is -0.481 e. The van der Waals surface area contributed by atoms with Crippen molar-refractivity contribution in [2.75, 3.05) is 0 Å². The van der Waals surface area contributed by atoms with Crippen molar-refractivity contribution in [1.29, 1.82) is 0 Å². The summed E-state index contributed by atoms with van der Waals surface area (Å²) in [7, 11) is 0. The van der Waals surface area contributed by atoms with E-state index in [1.807, 2.05) is 26.8 Å². The fourth-order valence-electron chi connectivity index (χ4n) is 1.60. The van der Waals surface area contributed by atoms with Gasteiger partial charge in [0.25, 0.3) is 0 Å². The quantitative estimate of drug-likeness (QED) is 0.856. The van der Waals surface area contributed by atoms with Crippen LogP contribution in [-0.2, 0) is 4.79 Å². The third kappa shape index (κ3) is 2.51. The molecular weight excluding hydrogens is 212 g/mol. The molecule has 0 bridgehead atoms. The standard InChI is InChI=1S/C12H15ClO2/c1-4-10(12(14)15)9-5-7(2)8(3)11(13)6-9/h5-6,10H,4H2,1-3H3,(H,14,15). The maximum Gasteiger partial charge on any atom is 0.310 e. The first-order chi connectivity index (χ1) is 6.97. The molecule has 0 aromatic heterocycles. The lowest BCUT2D eigenvalue weighted by Crippen LogP contribution is -2.10. The summed E-state index contributed by atoms with van der Waals surface area (Å²) in [6.07, 6.45) is 0.578. The van der Waals surface area contributed by atoms with Crippen LogP contribution >= 0.6 is 11.6 Å². The minimum atomic E-state index is -0.795. The molecule has 1 aromatic carbocycles. The summed E-state index contributed by atoms with van der Waals surface area (Å²) in [6.45, 7) is 5.74. The van der Waals surface area contributed by atoms with E-state index in [2.05, 4.69) is 0 Å². The number of carboxylic acid groups (broad SMARTS) is 1. The molecule has 0 radical (unpaired) electrons. The number of halogens is 1. The summed E-state index contributed by atoms with van der Waals surface area (Å²) in [6, 6.07) is 3.66. The second kappa shape index (κ2) is 4.67. The van der Waals surface area contributed by atoms with Gasteiger partial charge in [-0.3, -0.25) is 4.79 Å². The summed E-state index contributed by atoms with van der Waals surface area (Å²) < 4.78 is 0. The van der Waals surface area contributed by atoms with Crippen LogP contribution in [0.2, 0.25) is 5.02 Å². The number of carbonyl (C=O) groups is 1. The van der Waals surface area contributed by atoms with Crippen molar-refractivity contribution in [2.24, 2.45) is 0 Å². The predicted molar refractivity (Wildman–Crippen MR) is 61.6 cm³/mol. The van der Waals surface area contributed by atoms with Crippen molar-refractivity contribution >= 4 is 17.6 Å². The third-order valence-electron chi connectivity index (χ3n) is 2.74. The van der Waals surface area contributed by atoms with E-state index in [1.165, 1.54) is 0 Å². The van der Waals surface area contributed by atoms with Gasteiger partial charge in [0, 0.05) is 5.02 Å². The lowest BCUT2D eigenvalue weighted by atomic mass is 9.94. The van der Waals surface area contributed by atoms with Crippen LogP contribution in [-0.4, -0.2) is 11.1 Å². The Morgan fingerprint density at radius 1 is 1.47 bits per heavy atom. The van der Waals surface area contributed by atoms with Gasteiger partial charge in [0.15, 0.2) is 0 Å². The number of rotatable bonds is 3. The van der Waals surface area contributed by atoms with Crippen molar-refractivity contribution < 1.29 is 9.90 Å². The van der Waals surface area contributed by atoms with Gasteiger partial charge in [-0.05, 0) is 43.0 Å². The first-order valence-corrected chi connectivity index (χ1v) is 5.34. The van der Waals surface area contributed by atoms with Crippen molar-refractivity contribution in [3.8, 4) is 0 Å². The topological polar surface area (TPSA) is 37.3 Å². The van der Waals surface area contributed by atoms with Gasteiger partial charge in [-0.25, -0.2) is 0 Å². The molecule has 1 unspecified atom stereocenters. The molecule has 0 fully saturated rings. The smallest absolute Gasteiger partial charge is 0.310 e. The molecule has 0 amide bonds. The zero-order valence-electron chi connectivity index (χ0n) is 9.17. The predicted octanol–water partition coefficient (Wildman–Crippen LogP) is 3.54. The van der Waals surface area contributed by atoms with Crippen LogP contribution in [0, 0.1) is 13.8 Å². The van der Waals surface area contributed by atoms with Crippen molar-refractivity contribution in [2.45, 2.75) is 33.1 Å². The largest absolute Gasteiger partial charge is 0.481 e. The van der Waals surface area contributed by atoms with Crippen LogP contribution in [0.5, 0.6) is 0 Å². The number of aryl methyl sites for hydroxylation is 1. The molecule has 0 saturated heterocycles. The second-order valence-electron chi connectivity index (χ2n) is 3.74. The van der Waals surface area contributed by atoms with Crippen LogP contribution in [0.25, 0.3) is 0 Å². The average Bonchev–Trinajstić information content (AvgIpc) is 2.14. The van der Waals surface area contributed by atoms with Gasteiger partial charge in [-0.15, -0.1) is 0 Å². The highest BCUT2D eigenvalue weighted by atomic mass is 35.5. The molecule has 0 aliphatic rings. The number of hydrogen-bond acceptors (Lipinski definition) is 1.